The molecule has 0 radical (unpaired) electrons. The van der Waals surface area contributed by atoms with Crippen molar-refractivity contribution in [1.82, 2.24) is 14.7 Å². The Balaban J connectivity index is 2.79. The van der Waals surface area contributed by atoms with Gasteiger partial charge in [-0.3, -0.25) is 4.68 Å². The number of hydrogen-bond donors (Lipinski definition) is 1. The van der Waals surface area contributed by atoms with E-state index in [4.69, 9.17) is 5.73 Å². The van der Waals surface area contributed by atoms with Crippen LogP contribution in [0.25, 0.3) is 0 Å². The lowest BCUT2D eigenvalue weighted by molar-refractivity contribution is 0.367. The molecule has 1 aromatic heterocycles. The first-order chi connectivity index (χ1) is 7.45. The molecule has 0 aliphatic carbocycles. The topological polar surface area (TPSA) is 47.1 Å². The van der Waals surface area contributed by atoms with Crippen LogP contribution in [0.3, 0.4) is 0 Å². The van der Waals surface area contributed by atoms with Crippen LogP contribution in [0.5, 0.6) is 0 Å². The Labute approximate surface area is 106 Å². The molecule has 1 aromatic rings. The summed E-state index contributed by atoms with van der Waals surface area (Å²) in [6.07, 6.45) is 0.855. The predicted octanol–water partition coefficient (Wildman–Crippen LogP) is 1.41. The molecule has 1 atom stereocenters. The summed E-state index contributed by atoms with van der Waals surface area (Å²) < 4.78 is 3.12. The van der Waals surface area contributed by atoms with Crippen molar-refractivity contribution in [3.05, 3.63) is 15.9 Å². The van der Waals surface area contributed by atoms with Gasteiger partial charge in [-0.2, -0.15) is 5.10 Å². The minimum atomic E-state index is 0.146. The second-order valence-electron chi connectivity index (χ2n) is 4.39. The Bertz CT molecular complexity index is 346. The molecule has 0 aromatic carbocycles. The third-order valence-electron chi connectivity index (χ3n) is 2.51. The molecule has 2 N–H and O–H groups in total. The fourth-order valence-corrected chi connectivity index (χ4v) is 2.29. The highest BCUT2D eigenvalue weighted by Gasteiger charge is 2.15. The molecule has 1 unspecified atom stereocenters. The van der Waals surface area contributed by atoms with Crippen molar-refractivity contribution in [2.75, 3.05) is 20.6 Å². The first-order valence-electron chi connectivity index (χ1n) is 5.57. The third kappa shape index (κ3) is 3.30. The van der Waals surface area contributed by atoms with Gasteiger partial charge in [0, 0.05) is 25.6 Å². The fraction of sp³-hybridized carbons (Fsp3) is 0.727. The van der Waals surface area contributed by atoms with E-state index in [1.807, 2.05) is 25.7 Å². The van der Waals surface area contributed by atoms with Crippen LogP contribution in [0, 0.1) is 6.92 Å². The average Bonchev–Trinajstić information content (AvgIpc) is 2.44. The van der Waals surface area contributed by atoms with Gasteiger partial charge >= 0.3 is 0 Å². The summed E-state index contributed by atoms with van der Waals surface area (Å²) in [5.41, 5.74) is 8.34. The molecule has 16 heavy (non-hydrogen) atoms. The highest BCUT2D eigenvalue weighted by atomic mass is 79.9. The monoisotopic (exact) mass is 288 g/mol. The van der Waals surface area contributed by atoms with E-state index in [9.17, 15) is 0 Å². The fourth-order valence-electron chi connectivity index (χ4n) is 1.85. The maximum Gasteiger partial charge on any atom is 0.0738 e. The molecule has 1 rings (SSSR count). The molecule has 0 saturated heterocycles. The van der Waals surface area contributed by atoms with Crippen LogP contribution in [0.4, 0.5) is 0 Å². The van der Waals surface area contributed by atoms with E-state index in [2.05, 4.69) is 32.9 Å². The van der Waals surface area contributed by atoms with Crippen LogP contribution >= 0.6 is 15.9 Å². The largest absolute Gasteiger partial charge is 0.326 e. The van der Waals surface area contributed by atoms with E-state index in [-0.39, 0.29) is 6.04 Å². The molecule has 0 amide bonds. The molecule has 92 valence electrons. The van der Waals surface area contributed by atoms with Crippen molar-refractivity contribution >= 4 is 15.9 Å². The van der Waals surface area contributed by atoms with Crippen molar-refractivity contribution in [2.24, 2.45) is 5.73 Å². The van der Waals surface area contributed by atoms with Gasteiger partial charge in [0.05, 0.1) is 15.9 Å². The zero-order valence-electron chi connectivity index (χ0n) is 10.5. The zero-order valence-corrected chi connectivity index (χ0v) is 12.1. The molecule has 0 aliphatic rings. The first-order valence-corrected chi connectivity index (χ1v) is 6.37. The molecule has 0 aliphatic heterocycles. The maximum atomic E-state index is 6.10. The van der Waals surface area contributed by atoms with Gasteiger partial charge < -0.3 is 10.6 Å². The number of aryl methyl sites for hydroxylation is 2. The van der Waals surface area contributed by atoms with Gasteiger partial charge in [-0.05, 0) is 43.9 Å². The number of likely N-dealkylation sites (N-methyl/N-ethyl adjacent to an activating group) is 1. The van der Waals surface area contributed by atoms with Gasteiger partial charge in [-0.25, -0.2) is 0 Å². The number of rotatable bonds is 5. The van der Waals surface area contributed by atoms with E-state index in [1.54, 1.807) is 0 Å². The lowest BCUT2D eigenvalue weighted by atomic mass is 10.1. The number of aromatic nitrogens is 2. The van der Waals surface area contributed by atoms with Crippen LogP contribution in [-0.2, 0) is 13.0 Å². The summed E-state index contributed by atoms with van der Waals surface area (Å²) in [4.78, 5) is 2.11. The van der Waals surface area contributed by atoms with Crippen molar-refractivity contribution in [1.29, 1.82) is 0 Å². The van der Waals surface area contributed by atoms with Gasteiger partial charge in [-0.1, -0.05) is 0 Å². The normalized spacial score (nSPS) is 13.4. The summed E-state index contributed by atoms with van der Waals surface area (Å²) in [7, 11) is 4.08. The number of hydrogen-bond acceptors (Lipinski definition) is 3. The highest BCUT2D eigenvalue weighted by molar-refractivity contribution is 9.10. The zero-order chi connectivity index (χ0) is 12.3. The van der Waals surface area contributed by atoms with Crippen molar-refractivity contribution < 1.29 is 0 Å². The van der Waals surface area contributed by atoms with E-state index in [0.717, 1.165) is 29.7 Å². The highest BCUT2D eigenvalue weighted by Crippen LogP contribution is 2.22. The Kier molecular flexibility index (Phi) is 4.95. The average molecular weight is 289 g/mol. The Morgan fingerprint density at radius 1 is 1.50 bits per heavy atom. The second-order valence-corrected chi connectivity index (χ2v) is 5.18. The van der Waals surface area contributed by atoms with Crippen LogP contribution < -0.4 is 5.73 Å². The minimum Gasteiger partial charge on any atom is -0.326 e. The molecule has 0 saturated carbocycles. The van der Waals surface area contributed by atoms with E-state index in [0.29, 0.717) is 0 Å². The molecule has 5 heteroatoms. The van der Waals surface area contributed by atoms with Gasteiger partial charge in [0.15, 0.2) is 0 Å². The summed E-state index contributed by atoms with van der Waals surface area (Å²) >= 11 is 3.58. The smallest absolute Gasteiger partial charge is 0.0738 e. The Morgan fingerprint density at radius 3 is 2.62 bits per heavy atom. The van der Waals surface area contributed by atoms with Crippen molar-refractivity contribution in [3.8, 4) is 0 Å². The van der Waals surface area contributed by atoms with E-state index < -0.39 is 0 Å². The molecule has 0 spiro atoms. The van der Waals surface area contributed by atoms with Gasteiger partial charge in [0.25, 0.3) is 0 Å². The van der Waals surface area contributed by atoms with Gasteiger partial charge in [0.2, 0.25) is 0 Å². The van der Waals surface area contributed by atoms with Crippen LogP contribution in [0.15, 0.2) is 4.47 Å². The molecule has 4 nitrogen and oxygen atoms in total. The summed E-state index contributed by atoms with van der Waals surface area (Å²) in [5.74, 6) is 0. The second kappa shape index (κ2) is 5.80. The third-order valence-corrected chi connectivity index (χ3v) is 3.54. The molecular weight excluding hydrogens is 268 g/mol. The molecular formula is C11H21BrN4. The predicted molar refractivity (Wildman–Crippen MR) is 70.6 cm³/mol. The van der Waals surface area contributed by atoms with E-state index in [1.165, 1.54) is 5.69 Å². The summed E-state index contributed by atoms with van der Waals surface area (Å²) in [6, 6.07) is 0.146. The minimum absolute atomic E-state index is 0.146. The van der Waals surface area contributed by atoms with Gasteiger partial charge in [0.1, 0.15) is 0 Å². The quantitative estimate of drug-likeness (QED) is 0.891. The van der Waals surface area contributed by atoms with E-state index >= 15 is 0 Å². The van der Waals surface area contributed by atoms with Gasteiger partial charge in [-0.15, -0.1) is 0 Å². The molecule has 0 fully saturated rings. The van der Waals surface area contributed by atoms with Crippen LogP contribution in [0.2, 0.25) is 0 Å². The maximum absolute atomic E-state index is 6.10. The standard InChI is InChI=1S/C11H21BrN4/c1-5-16-10(11(12)8(2)14-16)6-9(13)7-15(3)4/h9H,5-7,13H2,1-4H3. The lowest BCUT2D eigenvalue weighted by Gasteiger charge is -2.17. The van der Waals surface area contributed by atoms with Crippen LogP contribution in [-0.4, -0.2) is 41.4 Å². The summed E-state index contributed by atoms with van der Waals surface area (Å²) in [5, 5.41) is 4.46. The number of halogens is 1. The summed E-state index contributed by atoms with van der Waals surface area (Å²) in [6.45, 7) is 5.88. The lowest BCUT2D eigenvalue weighted by Crippen LogP contribution is -2.35. The van der Waals surface area contributed by atoms with Crippen molar-refractivity contribution in [3.63, 3.8) is 0 Å². The molecule has 0 bridgehead atoms. The first kappa shape index (κ1) is 13.7. The van der Waals surface area contributed by atoms with Crippen LogP contribution in [0.1, 0.15) is 18.3 Å². The SMILES string of the molecule is CCn1nc(C)c(Br)c1CC(N)CN(C)C. The number of nitrogens with two attached hydrogens (primary N) is 1. The molecule has 1 heterocycles. The Hall–Kier alpha value is -0.390. The van der Waals surface area contributed by atoms with Crippen molar-refractivity contribution in [2.45, 2.75) is 32.9 Å². The number of nitrogens with zero attached hydrogens (tertiary/aromatic N) is 3. The Morgan fingerprint density at radius 2 is 2.12 bits per heavy atom.